The summed E-state index contributed by atoms with van der Waals surface area (Å²) >= 11 is 0. The van der Waals surface area contributed by atoms with Crippen molar-refractivity contribution in [2.24, 2.45) is 0 Å². The minimum Gasteiger partial charge on any atom is -0.504 e. The minimum absolute atomic E-state index is 0.0158. The van der Waals surface area contributed by atoms with Gasteiger partial charge in [-0.2, -0.15) is 0 Å². The van der Waals surface area contributed by atoms with Gasteiger partial charge in [0.1, 0.15) is 6.04 Å². The lowest BCUT2D eigenvalue weighted by Gasteiger charge is -2.39. The number of nitrogens with one attached hydrogen (secondary N) is 1. The number of nitrogens with zero attached hydrogens (tertiary/aromatic N) is 1. The smallest absolute Gasteiger partial charge is 0.239 e. The van der Waals surface area contributed by atoms with Crippen LogP contribution < -0.4 is 5.32 Å². The highest BCUT2D eigenvalue weighted by molar-refractivity contribution is 5.82. The van der Waals surface area contributed by atoms with E-state index in [1.165, 1.54) is 37.8 Å². The van der Waals surface area contributed by atoms with Gasteiger partial charge in [-0.25, -0.2) is 0 Å². The molecule has 138 valence electrons. The Kier molecular flexibility index (Phi) is 5.81. The van der Waals surface area contributed by atoms with Crippen molar-refractivity contribution in [3.8, 4) is 11.5 Å². The molecule has 0 spiro atoms. The molecule has 1 aromatic rings. The van der Waals surface area contributed by atoms with Crippen LogP contribution in [0.15, 0.2) is 18.2 Å². The van der Waals surface area contributed by atoms with Crippen molar-refractivity contribution in [1.82, 2.24) is 10.2 Å². The van der Waals surface area contributed by atoms with Gasteiger partial charge in [0.05, 0.1) is 13.2 Å². The number of phenolic OH excluding ortho intramolecular Hbond substituents is 2. The number of hydrogen-bond donors (Lipinski definition) is 3. The molecule has 1 aliphatic heterocycles. The summed E-state index contributed by atoms with van der Waals surface area (Å²) in [5.41, 5.74) is 0.871. The number of aromatic hydroxyl groups is 2. The Labute approximate surface area is 148 Å². The molecule has 1 heterocycles. The predicted octanol–water partition coefficient (Wildman–Crippen LogP) is 1.79. The quantitative estimate of drug-likeness (QED) is 0.707. The molecule has 2 atom stereocenters. The molecule has 1 saturated carbocycles. The van der Waals surface area contributed by atoms with Crippen molar-refractivity contribution < 1.29 is 19.7 Å². The molecule has 1 aliphatic carbocycles. The molecule has 2 unspecified atom stereocenters. The van der Waals surface area contributed by atoms with E-state index in [4.69, 9.17) is 4.74 Å². The minimum atomic E-state index is -0.215. The van der Waals surface area contributed by atoms with Crippen LogP contribution in [0.4, 0.5) is 0 Å². The van der Waals surface area contributed by atoms with Gasteiger partial charge in [0, 0.05) is 18.6 Å². The highest BCUT2D eigenvalue weighted by Crippen LogP contribution is 2.27. The lowest BCUT2D eigenvalue weighted by molar-refractivity contribution is -0.135. The second-order valence-corrected chi connectivity index (χ2v) is 7.20. The molecule has 2 fully saturated rings. The lowest BCUT2D eigenvalue weighted by atomic mass is 10.0. The van der Waals surface area contributed by atoms with E-state index in [0.29, 0.717) is 25.7 Å². The summed E-state index contributed by atoms with van der Waals surface area (Å²) in [5, 5.41) is 22.1. The van der Waals surface area contributed by atoms with Gasteiger partial charge in [0.25, 0.3) is 0 Å². The maximum atomic E-state index is 12.8. The Bertz CT molecular complexity index is 601. The molecular formula is C19H28N2O4. The number of rotatable bonds is 5. The summed E-state index contributed by atoms with van der Waals surface area (Å²) in [5.74, 6) is -0.252. The van der Waals surface area contributed by atoms with E-state index in [-0.39, 0.29) is 29.5 Å². The molecule has 1 saturated heterocycles. The molecule has 25 heavy (non-hydrogen) atoms. The number of ether oxygens (including phenoxy) is 1. The highest BCUT2D eigenvalue weighted by atomic mass is 16.5. The van der Waals surface area contributed by atoms with Crippen LogP contribution in [-0.2, 0) is 16.0 Å². The summed E-state index contributed by atoms with van der Waals surface area (Å²) in [6.45, 7) is 3.92. The maximum Gasteiger partial charge on any atom is 0.239 e. The summed E-state index contributed by atoms with van der Waals surface area (Å²) in [6.07, 6.45) is 5.43. The van der Waals surface area contributed by atoms with Crippen LogP contribution in [0.3, 0.4) is 0 Å². The van der Waals surface area contributed by atoms with Gasteiger partial charge in [-0.05, 0) is 43.9 Å². The Morgan fingerprint density at radius 1 is 1.32 bits per heavy atom. The summed E-state index contributed by atoms with van der Waals surface area (Å²) in [4.78, 5) is 15.1. The molecule has 3 N–H and O–H groups in total. The second kappa shape index (κ2) is 8.06. The molecular weight excluding hydrogens is 320 g/mol. The monoisotopic (exact) mass is 348 g/mol. The zero-order valence-corrected chi connectivity index (χ0v) is 14.8. The molecule has 6 heteroatoms. The molecule has 3 rings (SSSR count). The van der Waals surface area contributed by atoms with Crippen molar-refractivity contribution in [2.45, 2.75) is 57.2 Å². The van der Waals surface area contributed by atoms with E-state index in [0.717, 1.165) is 12.1 Å². The van der Waals surface area contributed by atoms with Crippen LogP contribution in [0.5, 0.6) is 11.5 Å². The number of benzene rings is 1. The van der Waals surface area contributed by atoms with Crippen molar-refractivity contribution >= 4 is 5.91 Å². The van der Waals surface area contributed by atoms with E-state index < -0.39 is 0 Å². The number of phenols is 2. The summed E-state index contributed by atoms with van der Waals surface area (Å²) in [7, 11) is 0. The van der Waals surface area contributed by atoms with E-state index in [9.17, 15) is 15.0 Å². The van der Waals surface area contributed by atoms with Gasteiger partial charge in [0.2, 0.25) is 5.91 Å². The van der Waals surface area contributed by atoms with Gasteiger partial charge in [-0.1, -0.05) is 18.9 Å². The SMILES string of the molecule is CC(Cc1ccc(O)c(O)c1)NC(=O)C1COCCN1C1CCCC1. The molecule has 0 bridgehead atoms. The molecule has 1 amide bonds. The van der Waals surface area contributed by atoms with Crippen LogP contribution in [0.2, 0.25) is 0 Å². The molecule has 2 aliphatic rings. The second-order valence-electron chi connectivity index (χ2n) is 7.20. The summed E-state index contributed by atoms with van der Waals surface area (Å²) < 4.78 is 5.56. The van der Waals surface area contributed by atoms with Crippen LogP contribution in [0.25, 0.3) is 0 Å². The fourth-order valence-electron chi connectivity index (χ4n) is 3.96. The van der Waals surface area contributed by atoms with Crippen molar-refractivity contribution in [1.29, 1.82) is 0 Å². The third-order valence-electron chi connectivity index (χ3n) is 5.24. The number of hydrogen-bond acceptors (Lipinski definition) is 5. The zero-order chi connectivity index (χ0) is 17.8. The van der Waals surface area contributed by atoms with Gasteiger partial charge >= 0.3 is 0 Å². The predicted molar refractivity (Wildman–Crippen MR) is 94.6 cm³/mol. The lowest BCUT2D eigenvalue weighted by Crippen LogP contribution is -2.57. The van der Waals surface area contributed by atoms with Crippen LogP contribution in [-0.4, -0.2) is 58.9 Å². The number of morpholine rings is 1. The van der Waals surface area contributed by atoms with Gasteiger partial charge in [-0.3, -0.25) is 9.69 Å². The van der Waals surface area contributed by atoms with E-state index in [2.05, 4.69) is 10.2 Å². The Morgan fingerprint density at radius 3 is 2.80 bits per heavy atom. The average Bonchev–Trinajstić information content (AvgIpc) is 3.12. The number of amides is 1. The van der Waals surface area contributed by atoms with E-state index in [1.54, 1.807) is 6.07 Å². The van der Waals surface area contributed by atoms with Crippen LogP contribution in [0, 0.1) is 0 Å². The van der Waals surface area contributed by atoms with Gasteiger partial charge in [-0.15, -0.1) is 0 Å². The first-order valence-corrected chi connectivity index (χ1v) is 9.19. The van der Waals surface area contributed by atoms with E-state index >= 15 is 0 Å². The molecule has 0 radical (unpaired) electrons. The summed E-state index contributed by atoms with van der Waals surface area (Å²) in [6, 6.07) is 4.98. The molecule has 6 nitrogen and oxygen atoms in total. The molecule has 0 aromatic heterocycles. The van der Waals surface area contributed by atoms with Crippen molar-refractivity contribution in [3.63, 3.8) is 0 Å². The first-order chi connectivity index (χ1) is 12.0. The first kappa shape index (κ1) is 18.0. The first-order valence-electron chi connectivity index (χ1n) is 9.19. The van der Waals surface area contributed by atoms with Crippen molar-refractivity contribution in [2.75, 3.05) is 19.8 Å². The number of carbonyl (C=O) groups excluding carboxylic acids is 1. The third kappa shape index (κ3) is 4.44. The fourth-order valence-corrected chi connectivity index (χ4v) is 3.96. The zero-order valence-electron chi connectivity index (χ0n) is 14.8. The molecule has 1 aromatic carbocycles. The van der Waals surface area contributed by atoms with Crippen LogP contribution >= 0.6 is 0 Å². The van der Waals surface area contributed by atoms with Gasteiger partial charge < -0.3 is 20.3 Å². The van der Waals surface area contributed by atoms with Gasteiger partial charge in [0.15, 0.2) is 11.5 Å². The average molecular weight is 348 g/mol. The van der Waals surface area contributed by atoms with E-state index in [1.807, 2.05) is 6.92 Å². The van der Waals surface area contributed by atoms with Crippen LogP contribution in [0.1, 0.15) is 38.2 Å². The normalized spacial score (nSPS) is 23.5. The van der Waals surface area contributed by atoms with Crippen molar-refractivity contribution in [3.05, 3.63) is 23.8 Å². The topological polar surface area (TPSA) is 82.0 Å². The Morgan fingerprint density at radius 2 is 2.08 bits per heavy atom. The Balaban J connectivity index is 1.58. The third-order valence-corrected chi connectivity index (χ3v) is 5.24. The largest absolute Gasteiger partial charge is 0.504 e. The fraction of sp³-hybridized carbons (Fsp3) is 0.632. The highest BCUT2D eigenvalue weighted by Gasteiger charge is 2.35. The Hall–Kier alpha value is -1.79. The number of carbonyl (C=O) groups is 1. The maximum absolute atomic E-state index is 12.8. The standard InChI is InChI=1S/C19H28N2O4/c1-13(10-14-6-7-17(22)18(23)11-14)20-19(24)16-12-25-9-8-21(16)15-4-2-3-5-15/h6-7,11,13,15-16,22-23H,2-5,8-10,12H2,1H3,(H,20,24).